The largest absolute Gasteiger partial charge is 0.490 e. The number of cyclic esters (lactones) is 1. The fraction of sp³-hybridized carbons (Fsp3) is 0.120. The van der Waals surface area contributed by atoms with Crippen LogP contribution >= 0.6 is 11.6 Å². The molecule has 0 atom stereocenters. The number of esters is 1. The molecule has 0 spiro atoms. The molecule has 0 radical (unpaired) electrons. The van der Waals surface area contributed by atoms with E-state index in [-0.39, 0.29) is 5.70 Å². The number of ether oxygens (including phenoxy) is 3. The summed E-state index contributed by atoms with van der Waals surface area (Å²) in [5.74, 6) is 0.991. The van der Waals surface area contributed by atoms with Crippen LogP contribution in [0.2, 0.25) is 5.02 Å². The van der Waals surface area contributed by atoms with Crippen molar-refractivity contribution in [1.29, 1.82) is 0 Å². The second kappa shape index (κ2) is 9.49. The Balaban J connectivity index is 1.56. The first-order chi connectivity index (χ1) is 15.1. The maximum absolute atomic E-state index is 12.3. The van der Waals surface area contributed by atoms with E-state index >= 15 is 0 Å². The molecule has 1 heterocycles. The molecule has 0 N–H and O–H groups in total. The van der Waals surface area contributed by atoms with Crippen molar-refractivity contribution in [3.63, 3.8) is 0 Å². The molecule has 0 aliphatic carbocycles. The maximum Gasteiger partial charge on any atom is 0.363 e. The van der Waals surface area contributed by atoms with Gasteiger partial charge in [-0.25, -0.2) is 9.79 Å². The molecule has 3 aromatic carbocycles. The minimum absolute atomic E-state index is 0.230. The fourth-order valence-electron chi connectivity index (χ4n) is 3.06. The standard InChI is InChI=1S/C25H20ClNO4/c1-2-29-23-15-17(11-12-22(23)30-16-18-7-6-10-20(26)13-18)14-21-25(28)31-24(27-21)19-8-4-3-5-9-19/h3-15H,2,16H2,1H3/b21-14-. The molecule has 0 saturated heterocycles. The Labute approximate surface area is 185 Å². The van der Waals surface area contributed by atoms with Crippen molar-refractivity contribution in [2.24, 2.45) is 4.99 Å². The predicted molar refractivity (Wildman–Crippen MR) is 120 cm³/mol. The highest BCUT2D eigenvalue weighted by Crippen LogP contribution is 2.31. The van der Waals surface area contributed by atoms with Gasteiger partial charge in [0.1, 0.15) is 6.61 Å². The van der Waals surface area contributed by atoms with E-state index < -0.39 is 5.97 Å². The van der Waals surface area contributed by atoms with E-state index in [0.29, 0.717) is 35.6 Å². The number of rotatable bonds is 7. The molecule has 6 heteroatoms. The lowest BCUT2D eigenvalue weighted by molar-refractivity contribution is -0.129. The summed E-state index contributed by atoms with van der Waals surface area (Å²) in [6, 6.07) is 22.3. The third kappa shape index (κ3) is 5.13. The first kappa shape index (κ1) is 20.7. The van der Waals surface area contributed by atoms with E-state index in [2.05, 4.69) is 4.99 Å². The van der Waals surface area contributed by atoms with Crippen LogP contribution in [0.25, 0.3) is 6.08 Å². The lowest BCUT2D eigenvalue weighted by atomic mass is 10.1. The molecule has 0 unspecified atom stereocenters. The van der Waals surface area contributed by atoms with Gasteiger partial charge in [-0.2, -0.15) is 0 Å². The van der Waals surface area contributed by atoms with Gasteiger partial charge in [0, 0.05) is 10.6 Å². The molecule has 4 rings (SSSR count). The Morgan fingerprint density at radius 3 is 2.58 bits per heavy atom. The summed E-state index contributed by atoms with van der Waals surface area (Å²) >= 11 is 6.04. The van der Waals surface area contributed by atoms with Crippen molar-refractivity contribution in [2.45, 2.75) is 13.5 Å². The molecular weight excluding hydrogens is 414 g/mol. The van der Waals surface area contributed by atoms with Crippen LogP contribution in [0.1, 0.15) is 23.6 Å². The lowest BCUT2D eigenvalue weighted by Crippen LogP contribution is -2.05. The minimum Gasteiger partial charge on any atom is -0.490 e. The summed E-state index contributed by atoms with van der Waals surface area (Å²) < 4.78 is 17.0. The molecule has 3 aromatic rings. The zero-order chi connectivity index (χ0) is 21.6. The van der Waals surface area contributed by atoms with Gasteiger partial charge in [0.25, 0.3) is 0 Å². The first-order valence-corrected chi connectivity index (χ1v) is 10.2. The monoisotopic (exact) mass is 433 g/mol. The van der Waals surface area contributed by atoms with Gasteiger partial charge >= 0.3 is 5.97 Å². The Morgan fingerprint density at radius 1 is 0.968 bits per heavy atom. The van der Waals surface area contributed by atoms with E-state index in [9.17, 15) is 4.79 Å². The van der Waals surface area contributed by atoms with Crippen LogP contribution in [0.15, 0.2) is 83.5 Å². The van der Waals surface area contributed by atoms with E-state index in [4.69, 9.17) is 25.8 Å². The zero-order valence-electron chi connectivity index (χ0n) is 16.9. The molecule has 0 fully saturated rings. The number of hydrogen-bond donors (Lipinski definition) is 0. The number of carbonyl (C=O) groups is 1. The van der Waals surface area contributed by atoms with Gasteiger partial charge < -0.3 is 14.2 Å². The molecular formula is C25H20ClNO4. The summed E-state index contributed by atoms with van der Waals surface area (Å²) in [7, 11) is 0. The molecule has 156 valence electrons. The Hall–Kier alpha value is -3.57. The topological polar surface area (TPSA) is 57.1 Å². The Morgan fingerprint density at radius 2 is 1.81 bits per heavy atom. The molecule has 0 amide bonds. The number of hydrogen-bond acceptors (Lipinski definition) is 5. The van der Waals surface area contributed by atoms with Gasteiger partial charge in [-0.15, -0.1) is 0 Å². The van der Waals surface area contributed by atoms with Crippen molar-refractivity contribution in [3.8, 4) is 11.5 Å². The third-order valence-corrected chi connectivity index (χ3v) is 4.73. The summed E-state index contributed by atoms with van der Waals surface area (Å²) in [5.41, 5.74) is 2.69. The molecule has 0 bridgehead atoms. The zero-order valence-corrected chi connectivity index (χ0v) is 17.6. The molecule has 31 heavy (non-hydrogen) atoms. The van der Waals surface area contributed by atoms with Crippen molar-refractivity contribution in [2.75, 3.05) is 6.61 Å². The molecule has 0 saturated carbocycles. The van der Waals surface area contributed by atoms with Crippen LogP contribution in [-0.2, 0) is 16.1 Å². The van der Waals surface area contributed by atoms with Gasteiger partial charge in [0.2, 0.25) is 5.90 Å². The first-order valence-electron chi connectivity index (χ1n) is 9.84. The average molecular weight is 434 g/mol. The third-order valence-electron chi connectivity index (χ3n) is 4.50. The Kier molecular flexibility index (Phi) is 6.34. The van der Waals surface area contributed by atoms with E-state index in [1.807, 2.05) is 79.7 Å². The predicted octanol–water partition coefficient (Wildman–Crippen LogP) is 5.66. The van der Waals surface area contributed by atoms with Crippen molar-refractivity contribution >= 4 is 29.5 Å². The van der Waals surface area contributed by atoms with E-state index in [1.165, 1.54) is 0 Å². The lowest BCUT2D eigenvalue weighted by Gasteiger charge is -2.13. The summed E-state index contributed by atoms with van der Waals surface area (Å²) in [5, 5.41) is 0.659. The number of nitrogens with zero attached hydrogens (tertiary/aromatic N) is 1. The number of halogens is 1. The highest BCUT2D eigenvalue weighted by Gasteiger charge is 2.24. The van der Waals surface area contributed by atoms with Gasteiger partial charge in [-0.1, -0.05) is 48.0 Å². The second-order valence-electron chi connectivity index (χ2n) is 6.76. The summed E-state index contributed by atoms with van der Waals surface area (Å²) in [6.07, 6.45) is 1.67. The smallest absolute Gasteiger partial charge is 0.363 e. The summed E-state index contributed by atoms with van der Waals surface area (Å²) in [4.78, 5) is 16.6. The summed E-state index contributed by atoms with van der Waals surface area (Å²) in [6.45, 7) is 2.74. The maximum atomic E-state index is 12.3. The minimum atomic E-state index is -0.488. The van der Waals surface area contributed by atoms with Crippen LogP contribution < -0.4 is 9.47 Å². The second-order valence-corrected chi connectivity index (χ2v) is 7.20. The normalized spacial score (nSPS) is 14.3. The van der Waals surface area contributed by atoms with Gasteiger partial charge in [0.15, 0.2) is 17.2 Å². The molecule has 1 aliphatic heterocycles. The highest BCUT2D eigenvalue weighted by atomic mass is 35.5. The van der Waals surface area contributed by atoms with Crippen molar-refractivity contribution < 1.29 is 19.0 Å². The fourth-order valence-corrected chi connectivity index (χ4v) is 3.27. The molecule has 0 aromatic heterocycles. The van der Waals surface area contributed by atoms with Crippen molar-refractivity contribution in [3.05, 3.63) is 100 Å². The van der Waals surface area contributed by atoms with Crippen LogP contribution in [0, 0.1) is 0 Å². The van der Waals surface area contributed by atoms with Gasteiger partial charge in [-0.05, 0) is 60.5 Å². The molecule has 1 aliphatic rings. The van der Waals surface area contributed by atoms with Gasteiger partial charge in [0.05, 0.1) is 6.61 Å². The van der Waals surface area contributed by atoms with Crippen LogP contribution in [0.3, 0.4) is 0 Å². The Bertz CT molecular complexity index is 1160. The van der Waals surface area contributed by atoms with Crippen LogP contribution in [0.4, 0.5) is 0 Å². The number of aliphatic imine (C=N–C) groups is 1. The van der Waals surface area contributed by atoms with E-state index in [1.54, 1.807) is 6.08 Å². The van der Waals surface area contributed by atoms with Crippen LogP contribution in [0.5, 0.6) is 11.5 Å². The average Bonchev–Trinajstić information content (AvgIpc) is 3.14. The van der Waals surface area contributed by atoms with Crippen LogP contribution in [-0.4, -0.2) is 18.5 Å². The quantitative estimate of drug-likeness (QED) is 0.356. The highest BCUT2D eigenvalue weighted by molar-refractivity contribution is 6.30. The SMILES string of the molecule is CCOc1cc(/C=C2\N=C(c3ccccc3)OC2=O)ccc1OCc1cccc(Cl)c1. The van der Waals surface area contributed by atoms with E-state index in [0.717, 1.165) is 16.7 Å². The molecule has 5 nitrogen and oxygen atoms in total. The number of benzene rings is 3. The van der Waals surface area contributed by atoms with Gasteiger partial charge in [-0.3, -0.25) is 0 Å². The number of carbonyl (C=O) groups excluding carboxylic acids is 1. The van der Waals surface area contributed by atoms with Crippen molar-refractivity contribution in [1.82, 2.24) is 0 Å².